The van der Waals surface area contributed by atoms with Gasteiger partial charge in [-0.15, -0.1) is 0 Å². The molecule has 0 radical (unpaired) electrons. The first kappa shape index (κ1) is 10.1. The molecule has 0 saturated heterocycles. The Morgan fingerprint density at radius 1 is 1.08 bits per heavy atom. The van der Waals surface area contributed by atoms with Crippen LogP contribution in [0, 0.1) is 17.8 Å². The monoisotopic (exact) mass is 168 g/mol. The maximum atomic E-state index is 2.33. The molecule has 3 unspecified atom stereocenters. The van der Waals surface area contributed by atoms with Crippen LogP contribution in [-0.4, -0.2) is 0 Å². The minimum atomic E-state index is 1.14. The Balaban J connectivity index is 0.000000336. The van der Waals surface area contributed by atoms with Crippen molar-refractivity contribution in [1.29, 1.82) is 0 Å². The lowest BCUT2D eigenvalue weighted by Crippen LogP contribution is -2.09. The van der Waals surface area contributed by atoms with E-state index in [0.717, 1.165) is 17.8 Å². The Hall–Kier alpha value is 0. The summed E-state index contributed by atoms with van der Waals surface area (Å²) in [7, 11) is 0. The number of hydrogen-bond acceptors (Lipinski definition) is 0. The third-order valence-corrected chi connectivity index (χ3v) is 3.54. The lowest BCUT2D eigenvalue weighted by molar-refractivity contribution is 0.312. The van der Waals surface area contributed by atoms with Crippen molar-refractivity contribution in [2.75, 3.05) is 0 Å². The van der Waals surface area contributed by atoms with E-state index in [1.807, 2.05) is 13.8 Å². The highest BCUT2D eigenvalue weighted by Gasteiger charge is 2.38. The van der Waals surface area contributed by atoms with E-state index < -0.39 is 0 Å². The van der Waals surface area contributed by atoms with Crippen LogP contribution in [0.1, 0.15) is 59.3 Å². The van der Waals surface area contributed by atoms with Crippen molar-refractivity contribution in [3.63, 3.8) is 0 Å². The van der Waals surface area contributed by atoms with E-state index in [2.05, 4.69) is 6.92 Å². The molecule has 72 valence electrons. The highest BCUT2D eigenvalue weighted by Crippen LogP contribution is 2.49. The summed E-state index contributed by atoms with van der Waals surface area (Å²) in [4.78, 5) is 0. The van der Waals surface area contributed by atoms with Gasteiger partial charge in [-0.25, -0.2) is 0 Å². The van der Waals surface area contributed by atoms with Crippen LogP contribution in [0.4, 0.5) is 0 Å². The summed E-state index contributed by atoms with van der Waals surface area (Å²) in [5.41, 5.74) is 0. The summed E-state index contributed by atoms with van der Waals surface area (Å²) in [6.45, 7) is 6.33. The molecule has 0 heteroatoms. The first-order valence-electron chi connectivity index (χ1n) is 5.90. The van der Waals surface area contributed by atoms with Crippen molar-refractivity contribution in [3.8, 4) is 0 Å². The molecule has 2 saturated carbocycles. The van der Waals surface area contributed by atoms with Gasteiger partial charge in [-0.05, 0) is 37.0 Å². The Bertz CT molecular complexity index is 117. The Morgan fingerprint density at radius 3 is 2.25 bits per heavy atom. The van der Waals surface area contributed by atoms with Crippen LogP contribution in [0.5, 0.6) is 0 Å². The van der Waals surface area contributed by atoms with Crippen molar-refractivity contribution in [1.82, 2.24) is 0 Å². The summed E-state index contributed by atoms with van der Waals surface area (Å²) < 4.78 is 0. The topological polar surface area (TPSA) is 0 Å². The maximum Gasteiger partial charge on any atom is -0.0383 e. The molecule has 0 amide bonds. The maximum absolute atomic E-state index is 2.33. The highest BCUT2D eigenvalue weighted by molar-refractivity contribution is 4.89. The fourth-order valence-electron chi connectivity index (χ4n) is 3.10. The standard InChI is InChI=1S/C10H18.C2H6/c1-2-3-9-6-8-4-5-10(9)7-8;1-2/h8-10H,2-7H2,1H3;1-2H3. The second-order valence-corrected chi connectivity index (χ2v) is 4.22. The van der Waals surface area contributed by atoms with Gasteiger partial charge in [0.05, 0.1) is 0 Å². The summed E-state index contributed by atoms with van der Waals surface area (Å²) in [6.07, 6.45) is 9.22. The van der Waals surface area contributed by atoms with Crippen molar-refractivity contribution >= 4 is 0 Å². The smallest absolute Gasteiger partial charge is 0.0383 e. The van der Waals surface area contributed by atoms with Crippen molar-refractivity contribution in [3.05, 3.63) is 0 Å². The van der Waals surface area contributed by atoms with Crippen molar-refractivity contribution in [2.45, 2.75) is 59.3 Å². The predicted octanol–water partition coefficient (Wildman–Crippen LogP) is 4.25. The van der Waals surface area contributed by atoms with E-state index in [0.29, 0.717) is 0 Å². The van der Waals surface area contributed by atoms with Crippen LogP contribution >= 0.6 is 0 Å². The quantitative estimate of drug-likeness (QED) is 0.578. The van der Waals surface area contributed by atoms with Crippen molar-refractivity contribution < 1.29 is 0 Å². The largest absolute Gasteiger partial charge is 0.0683 e. The second-order valence-electron chi connectivity index (χ2n) is 4.22. The summed E-state index contributed by atoms with van der Waals surface area (Å²) >= 11 is 0. The molecule has 2 bridgehead atoms. The van der Waals surface area contributed by atoms with Gasteiger partial charge in [-0.2, -0.15) is 0 Å². The average molecular weight is 168 g/mol. The number of fused-ring (bicyclic) bond motifs is 2. The van der Waals surface area contributed by atoms with E-state index in [4.69, 9.17) is 0 Å². The minimum absolute atomic E-state index is 1.14. The highest BCUT2D eigenvalue weighted by atomic mass is 14.4. The fourth-order valence-corrected chi connectivity index (χ4v) is 3.10. The van der Waals surface area contributed by atoms with E-state index in [-0.39, 0.29) is 0 Å². The molecular weight excluding hydrogens is 144 g/mol. The van der Waals surface area contributed by atoms with Gasteiger partial charge in [0.25, 0.3) is 0 Å². The van der Waals surface area contributed by atoms with Crippen molar-refractivity contribution in [2.24, 2.45) is 17.8 Å². The molecule has 2 rings (SSSR count). The van der Waals surface area contributed by atoms with Crippen LogP contribution in [0.15, 0.2) is 0 Å². The molecule has 0 nitrogen and oxygen atoms in total. The van der Waals surface area contributed by atoms with Crippen LogP contribution in [0.2, 0.25) is 0 Å². The lowest BCUT2D eigenvalue weighted by atomic mass is 9.86. The minimum Gasteiger partial charge on any atom is -0.0683 e. The zero-order valence-electron chi connectivity index (χ0n) is 8.97. The molecule has 0 spiro atoms. The molecule has 0 aromatic rings. The third kappa shape index (κ3) is 2.02. The number of rotatable bonds is 2. The molecule has 3 atom stereocenters. The van der Waals surface area contributed by atoms with Crippen LogP contribution in [-0.2, 0) is 0 Å². The van der Waals surface area contributed by atoms with E-state index in [1.54, 1.807) is 25.7 Å². The van der Waals surface area contributed by atoms with Gasteiger partial charge in [0.2, 0.25) is 0 Å². The van der Waals surface area contributed by atoms with E-state index in [1.165, 1.54) is 12.8 Å². The van der Waals surface area contributed by atoms with Gasteiger partial charge >= 0.3 is 0 Å². The molecule has 2 aliphatic rings. The molecular formula is C12H24. The molecule has 0 heterocycles. The zero-order valence-corrected chi connectivity index (χ0v) is 8.97. The van der Waals surface area contributed by atoms with Gasteiger partial charge in [-0.3, -0.25) is 0 Å². The van der Waals surface area contributed by atoms with E-state index >= 15 is 0 Å². The SMILES string of the molecule is CC.CCCC1CC2CCC1C2. The molecule has 2 fully saturated rings. The van der Waals surface area contributed by atoms with Crippen LogP contribution < -0.4 is 0 Å². The molecule has 12 heavy (non-hydrogen) atoms. The lowest BCUT2D eigenvalue weighted by Gasteiger charge is -2.20. The summed E-state index contributed by atoms with van der Waals surface area (Å²) in [5.74, 6) is 3.45. The molecule has 2 aliphatic carbocycles. The number of hydrogen-bond donors (Lipinski definition) is 0. The van der Waals surface area contributed by atoms with Gasteiger partial charge in [0.1, 0.15) is 0 Å². The zero-order chi connectivity index (χ0) is 8.97. The Morgan fingerprint density at radius 2 is 1.83 bits per heavy atom. The van der Waals surface area contributed by atoms with Gasteiger partial charge in [-0.1, -0.05) is 40.0 Å². The Kier molecular flexibility index (Phi) is 4.11. The second kappa shape index (κ2) is 4.89. The first-order chi connectivity index (χ1) is 5.90. The first-order valence-corrected chi connectivity index (χ1v) is 5.90. The summed E-state index contributed by atoms with van der Waals surface area (Å²) in [6, 6.07) is 0. The van der Waals surface area contributed by atoms with Gasteiger partial charge in [0, 0.05) is 0 Å². The normalized spacial score (nSPS) is 37.8. The molecule has 0 aliphatic heterocycles. The van der Waals surface area contributed by atoms with E-state index in [9.17, 15) is 0 Å². The average Bonchev–Trinajstić information content (AvgIpc) is 2.69. The van der Waals surface area contributed by atoms with Crippen LogP contribution in [0.3, 0.4) is 0 Å². The fraction of sp³-hybridized carbons (Fsp3) is 1.00. The Labute approximate surface area is 77.7 Å². The molecule has 0 N–H and O–H groups in total. The summed E-state index contributed by atoms with van der Waals surface area (Å²) in [5, 5.41) is 0. The predicted molar refractivity (Wildman–Crippen MR) is 55.2 cm³/mol. The van der Waals surface area contributed by atoms with Crippen LogP contribution in [0.25, 0.3) is 0 Å². The molecule has 0 aromatic carbocycles. The molecule has 0 aromatic heterocycles. The third-order valence-electron chi connectivity index (χ3n) is 3.54. The van der Waals surface area contributed by atoms with Gasteiger partial charge < -0.3 is 0 Å². The van der Waals surface area contributed by atoms with Gasteiger partial charge in [0.15, 0.2) is 0 Å².